The number of nitro benzene ring substituents is 1. The number of benzene rings is 2. The van der Waals surface area contributed by atoms with Crippen molar-refractivity contribution >= 4 is 17.3 Å². The highest BCUT2D eigenvalue weighted by molar-refractivity contribution is 6.30. The van der Waals surface area contributed by atoms with Crippen LogP contribution < -0.4 is 5.32 Å². The van der Waals surface area contributed by atoms with E-state index in [0.29, 0.717) is 23.7 Å². The third kappa shape index (κ3) is 4.28. The standard InChI is InChI=1S/C16H17ClN2O2/c1-2-12-3-5-13(6-4-12)10-18-11-14-7-8-15(17)9-16(14)19(20)21/h3-9,18H,2,10-11H2,1H3. The molecule has 2 aromatic rings. The molecule has 2 rings (SSSR count). The van der Waals surface area contributed by atoms with Gasteiger partial charge in [-0.3, -0.25) is 10.1 Å². The Balaban J connectivity index is 1.98. The van der Waals surface area contributed by atoms with Crippen molar-refractivity contribution in [1.82, 2.24) is 5.32 Å². The molecule has 0 aliphatic carbocycles. The van der Waals surface area contributed by atoms with E-state index in [-0.39, 0.29) is 5.69 Å². The van der Waals surface area contributed by atoms with Crippen LogP contribution in [-0.2, 0) is 19.5 Å². The molecule has 0 aromatic heterocycles. The second kappa shape index (κ2) is 7.20. The molecule has 0 fully saturated rings. The molecule has 1 N–H and O–H groups in total. The third-order valence-corrected chi connectivity index (χ3v) is 3.55. The van der Waals surface area contributed by atoms with Crippen molar-refractivity contribution < 1.29 is 4.92 Å². The molecule has 0 aliphatic heterocycles. The van der Waals surface area contributed by atoms with Crippen molar-refractivity contribution in [2.24, 2.45) is 0 Å². The topological polar surface area (TPSA) is 55.2 Å². The van der Waals surface area contributed by atoms with Crippen LogP contribution in [0.1, 0.15) is 23.6 Å². The Hall–Kier alpha value is -1.91. The lowest BCUT2D eigenvalue weighted by atomic mass is 10.1. The zero-order chi connectivity index (χ0) is 15.2. The predicted octanol–water partition coefficient (Wildman–Crippen LogP) is 4.10. The molecule has 4 nitrogen and oxygen atoms in total. The van der Waals surface area contributed by atoms with Gasteiger partial charge in [-0.2, -0.15) is 0 Å². The maximum atomic E-state index is 11.0. The molecule has 5 heteroatoms. The SMILES string of the molecule is CCc1ccc(CNCc2ccc(Cl)cc2[N+](=O)[O-])cc1. The van der Waals surface area contributed by atoms with E-state index in [0.717, 1.165) is 12.0 Å². The van der Waals surface area contributed by atoms with Crippen molar-refractivity contribution in [3.8, 4) is 0 Å². The number of nitro groups is 1. The summed E-state index contributed by atoms with van der Waals surface area (Å²) in [4.78, 5) is 10.6. The van der Waals surface area contributed by atoms with Gasteiger partial charge in [0.05, 0.1) is 4.92 Å². The summed E-state index contributed by atoms with van der Waals surface area (Å²) in [6.07, 6.45) is 1.02. The average Bonchev–Trinajstić information content (AvgIpc) is 2.49. The minimum absolute atomic E-state index is 0.0522. The molecule has 0 saturated heterocycles. The first-order valence-electron chi connectivity index (χ1n) is 6.81. The van der Waals surface area contributed by atoms with Gasteiger partial charge in [0.1, 0.15) is 0 Å². The smallest absolute Gasteiger partial charge is 0.275 e. The molecule has 0 atom stereocenters. The molecule has 21 heavy (non-hydrogen) atoms. The Morgan fingerprint density at radius 2 is 1.76 bits per heavy atom. The molecule has 0 amide bonds. The lowest BCUT2D eigenvalue weighted by Crippen LogP contribution is -2.13. The van der Waals surface area contributed by atoms with Gasteiger partial charge in [0.25, 0.3) is 5.69 Å². The van der Waals surface area contributed by atoms with Gasteiger partial charge in [-0.1, -0.05) is 42.8 Å². The number of nitrogens with one attached hydrogen (secondary N) is 1. The third-order valence-electron chi connectivity index (χ3n) is 3.32. The number of aryl methyl sites for hydroxylation is 1. The van der Waals surface area contributed by atoms with Crippen molar-refractivity contribution in [3.63, 3.8) is 0 Å². The molecule has 2 aromatic carbocycles. The van der Waals surface area contributed by atoms with E-state index < -0.39 is 4.92 Å². The van der Waals surface area contributed by atoms with Gasteiger partial charge in [-0.25, -0.2) is 0 Å². The number of nitrogens with zero attached hydrogens (tertiary/aromatic N) is 1. The van der Waals surface area contributed by atoms with E-state index in [9.17, 15) is 10.1 Å². The first-order valence-corrected chi connectivity index (χ1v) is 7.19. The van der Waals surface area contributed by atoms with Crippen LogP contribution in [0.15, 0.2) is 42.5 Å². The van der Waals surface area contributed by atoms with Crippen LogP contribution in [0, 0.1) is 10.1 Å². The fourth-order valence-electron chi connectivity index (χ4n) is 2.09. The van der Waals surface area contributed by atoms with Crippen molar-refractivity contribution in [2.45, 2.75) is 26.4 Å². The lowest BCUT2D eigenvalue weighted by Gasteiger charge is -2.07. The van der Waals surface area contributed by atoms with Gasteiger partial charge in [-0.05, 0) is 29.7 Å². The second-order valence-corrected chi connectivity index (χ2v) is 5.24. The van der Waals surface area contributed by atoms with Crippen molar-refractivity contribution in [2.75, 3.05) is 0 Å². The van der Waals surface area contributed by atoms with Gasteiger partial charge < -0.3 is 5.32 Å². The van der Waals surface area contributed by atoms with E-state index in [1.165, 1.54) is 11.6 Å². The van der Waals surface area contributed by atoms with Gasteiger partial charge >= 0.3 is 0 Å². The highest BCUT2D eigenvalue weighted by atomic mass is 35.5. The van der Waals surface area contributed by atoms with Crippen molar-refractivity contribution in [1.29, 1.82) is 0 Å². The van der Waals surface area contributed by atoms with E-state index in [1.807, 2.05) is 0 Å². The summed E-state index contributed by atoms with van der Waals surface area (Å²) in [5.74, 6) is 0. The predicted molar refractivity (Wildman–Crippen MR) is 84.5 cm³/mol. The number of hydrogen-bond acceptors (Lipinski definition) is 3. The normalized spacial score (nSPS) is 10.6. The molecule has 0 saturated carbocycles. The summed E-state index contributed by atoms with van der Waals surface area (Å²) in [6.45, 7) is 3.22. The molecule has 0 heterocycles. The van der Waals surface area contributed by atoms with Crippen LogP contribution in [0.2, 0.25) is 5.02 Å². The van der Waals surface area contributed by atoms with E-state index >= 15 is 0 Å². The number of halogens is 1. The Morgan fingerprint density at radius 1 is 1.10 bits per heavy atom. The Labute approximate surface area is 128 Å². The monoisotopic (exact) mass is 304 g/mol. The van der Waals surface area contributed by atoms with Gasteiger partial charge in [0, 0.05) is 29.7 Å². The Bertz CT molecular complexity index is 627. The van der Waals surface area contributed by atoms with Crippen molar-refractivity contribution in [3.05, 3.63) is 74.3 Å². The van der Waals surface area contributed by atoms with E-state index in [1.54, 1.807) is 12.1 Å². The van der Waals surface area contributed by atoms with Crippen LogP contribution in [0.4, 0.5) is 5.69 Å². The fraction of sp³-hybridized carbons (Fsp3) is 0.250. The Morgan fingerprint density at radius 3 is 2.38 bits per heavy atom. The molecule has 0 bridgehead atoms. The van der Waals surface area contributed by atoms with Gasteiger partial charge in [0.15, 0.2) is 0 Å². The van der Waals surface area contributed by atoms with Gasteiger partial charge in [-0.15, -0.1) is 0 Å². The first-order chi connectivity index (χ1) is 10.1. The lowest BCUT2D eigenvalue weighted by molar-refractivity contribution is -0.385. The minimum atomic E-state index is -0.404. The molecular weight excluding hydrogens is 288 g/mol. The highest BCUT2D eigenvalue weighted by Gasteiger charge is 2.13. The number of rotatable bonds is 6. The summed E-state index contributed by atoms with van der Waals surface area (Å²) in [6, 6.07) is 13.1. The molecular formula is C16H17ClN2O2. The molecule has 0 radical (unpaired) electrons. The van der Waals surface area contributed by atoms with E-state index in [4.69, 9.17) is 11.6 Å². The first kappa shape index (κ1) is 15.5. The maximum absolute atomic E-state index is 11.0. The van der Waals surface area contributed by atoms with E-state index in [2.05, 4.69) is 36.5 Å². The zero-order valence-corrected chi connectivity index (χ0v) is 12.6. The summed E-state index contributed by atoms with van der Waals surface area (Å²) in [7, 11) is 0. The number of hydrogen-bond donors (Lipinski definition) is 1. The highest BCUT2D eigenvalue weighted by Crippen LogP contribution is 2.23. The van der Waals surface area contributed by atoms with Crippen LogP contribution >= 0.6 is 11.6 Å². The fourth-order valence-corrected chi connectivity index (χ4v) is 2.26. The summed E-state index contributed by atoms with van der Waals surface area (Å²) >= 11 is 5.79. The van der Waals surface area contributed by atoms with Gasteiger partial charge in [0.2, 0.25) is 0 Å². The molecule has 0 spiro atoms. The molecule has 0 aliphatic rings. The van der Waals surface area contributed by atoms with Crippen LogP contribution in [0.3, 0.4) is 0 Å². The minimum Gasteiger partial charge on any atom is -0.308 e. The quantitative estimate of drug-likeness (QED) is 0.645. The Kier molecular flexibility index (Phi) is 5.31. The summed E-state index contributed by atoms with van der Waals surface area (Å²) < 4.78 is 0. The molecule has 0 unspecified atom stereocenters. The zero-order valence-electron chi connectivity index (χ0n) is 11.8. The van der Waals surface area contributed by atoms with Crippen LogP contribution in [0.25, 0.3) is 0 Å². The largest absolute Gasteiger partial charge is 0.308 e. The summed E-state index contributed by atoms with van der Waals surface area (Å²) in [5, 5.41) is 14.6. The maximum Gasteiger partial charge on any atom is 0.275 e. The van der Waals surface area contributed by atoms with Crippen LogP contribution in [0.5, 0.6) is 0 Å². The summed E-state index contributed by atoms with van der Waals surface area (Å²) in [5.41, 5.74) is 3.14. The van der Waals surface area contributed by atoms with Crippen LogP contribution in [-0.4, -0.2) is 4.92 Å². The second-order valence-electron chi connectivity index (χ2n) is 4.80. The molecule has 110 valence electrons. The average molecular weight is 305 g/mol.